The normalized spacial score (nSPS) is 18.5. The molecule has 1 aliphatic heterocycles. The van der Waals surface area contributed by atoms with Crippen LogP contribution in [0.15, 0.2) is 36.5 Å². The van der Waals surface area contributed by atoms with Crippen molar-refractivity contribution in [2.75, 3.05) is 19.8 Å². The number of carbonyl (C=O) groups excluding carboxylic acids is 2. The van der Waals surface area contributed by atoms with E-state index < -0.39 is 49.5 Å². The maximum atomic E-state index is 13.0. The third-order valence-electron chi connectivity index (χ3n) is 16.2. The van der Waals surface area contributed by atoms with Gasteiger partial charge in [-0.3, -0.25) is 9.59 Å². The number of carbonyl (C=O) groups is 2. The molecule has 11 nitrogen and oxygen atoms in total. The molecule has 0 aromatic heterocycles. The van der Waals surface area contributed by atoms with Crippen molar-refractivity contribution in [3.05, 3.63) is 36.5 Å². The van der Waals surface area contributed by atoms with E-state index in [1.54, 1.807) is 6.08 Å². The molecule has 80 heavy (non-hydrogen) atoms. The minimum atomic E-state index is -1.58. The van der Waals surface area contributed by atoms with E-state index in [0.29, 0.717) is 19.4 Å². The average Bonchev–Trinajstić information content (AvgIpc) is 3.46. The first-order valence-electron chi connectivity index (χ1n) is 34.3. The molecule has 0 aromatic rings. The van der Waals surface area contributed by atoms with Crippen molar-refractivity contribution in [3.8, 4) is 0 Å². The lowest BCUT2D eigenvalue weighted by Crippen LogP contribution is -2.60. The van der Waals surface area contributed by atoms with Crippen LogP contribution in [0, 0.1) is 0 Å². The summed E-state index contributed by atoms with van der Waals surface area (Å²) in [5.74, 6) is -0.183. The van der Waals surface area contributed by atoms with Gasteiger partial charge >= 0.3 is 5.97 Å². The molecule has 1 rings (SSSR count). The zero-order valence-corrected chi connectivity index (χ0v) is 52.1. The van der Waals surface area contributed by atoms with Gasteiger partial charge in [-0.25, -0.2) is 0 Å². The molecule has 1 aliphatic rings. The van der Waals surface area contributed by atoms with Crippen LogP contribution in [0.5, 0.6) is 0 Å². The number of nitrogens with one attached hydrogen (secondary N) is 1. The molecule has 0 bridgehead atoms. The van der Waals surface area contributed by atoms with Gasteiger partial charge in [-0.2, -0.15) is 0 Å². The maximum absolute atomic E-state index is 13.0. The van der Waals surface area contributed by atoms with Gasteiger partial charge < -0.3 is 45.1 Å². The lowest BCUT2D eigenvalue weighted by molar-refractivity contribution is -0.302. The average molecular weight is 1130 g/mol. The summed E-state index contributed by atoms with van der Waals surface area (Å²) in [5, 5.41) is 54.4. The molecule has 0 aliphatic carbocycles. The second-order valence-corrected chi connectivity index (χ2v) is 23.9. The van der Waals surface area contributed by atoms with Crippen molar-refractivity contribution >= 4 is 11.9 Å². The highest BCUT2D eigenvalue weighted by Gasteiger charge is 2.44. The van der Waals surface area contributed by atoms with Gasteiger partial charge in [-0.15, -0.1) is 0 Å². The van der Waals surface area contributed by atoms with E-state index in [2.05, 4.69) is 43.5 Å². The number of amides is 1. The summed E-state index contributed by atoms with van der Waals surface area (Å²) in [5.41, 5.74) is 0. The Labute approximate surface area is 492 Å². The Morgan fingerprint density at radius 1 is 0.450 bits per heavy atom. The van der Waals surface area contributed by atoms with Gasteiger partial charge in [0.1, 0.15) is 24.4 Å². The summed E-state index contributed by atoms with van der Waals surface area (Å²) in [7, 11) is 0. The summed E-state index contributed by atoms with van der Waals surface area (Å²) >= 11 is 0. The van der Waals surface area contributed by atoms with Crippen LogP contribution in [-0.4, -0.2) is 100 Å². The number of rotatable bonds is 60. The largest absolute Gasteiger partial charge is 0.466 e. The zero-order valence-electron chi connectivity index (χ0n) is 52.1. The SMILES string of the molecule is CCCCCCCC/C=C/CC/C=C/C(O)C(COC1OC(CO)C(O)C(O)C1O)NC(=O)CCCCCCCCCCCCCCC/C=C\CCCCCCCCCCCCCCOC(=O)CCCCCCCCCCCCC. The fraction of sp³-hybridized carbons (Fsp3) is 0.884. The minimum absolute atomic E-state index is 0.00737. The fourth-order valence-corrected chi connectivity index (χ4v) is 10.8. The highest BCUT2D eigenvalue weighted by atomic mass is 16.7. The highest BCUT2D eigenvalue weighted by Crippen LogP contribution is 2.23. The van der Waals surface area contributed by atoms with Crippen LogP contribution >= 0.6 is 0 Å². The predicted octanol–water partition coefficient (Wildman–Crippen LogP) is 17.0. The molecule has 470 valence electrons. The van der Waals surface area contributed by atoms with E-state index in [1.807, 2.05) is 6.08 Å². The molecule has 1 amide bonds. The minimum Gasteiger partial charge on any atom is -0.466 e. The Balaban J connectivity index is 1.98. The van der Waals surface area contributed by atoms with Gasteiger partial charge in [0.05, 0.1) is 32.0 Å². The summed E-state index contributed by atoms with van der Waals surface area (Å²) in [4.78, 5) is 25.1. The van der Waals surface area contributed by atoms with Crippen LogP contribution in [-0.2, 0) is 23.8 Å². The monoisotopic (exact) mass is 1130 g/mol. The number of allylic oxidation sites excluding steroid dienone is 5. The molecule has 0 radical (unpaired) electrons. The van der Waals surface area contributed by atoms with E-state index >= 15 is 0 Å². The molecule has 11 heteroatoms. The van der Waals surface area contributed by atoms with Crippen LogP contribution in [0.25, 0.3) is 0 Å². The zero-order chi connectivity index (χ0) is 58.0. The molecule has 1 fully saturated rings. The molecule has 6 N–H and O–H groups in total. The Morgan fingerprint density at radius 2 is 0.812 bits per heavy atom. The van der Waals surface area contributed by atoms with Crippen LogP contribution in [0.2, 0.25) is 0 Å². The maximum Gasteiger partial charge on any atom is 0.305 e. The molecule has 0 saturated carbocycles. The first kappa shape index (κ1) is 75.9. The predicted molar refractivity (Wildman–Crippen MR) is 334 cm³/mol. The van der Waals surface area contributed by atoms with Crippen molar-refractivity contribution in [1.29, 1.82) is 0 Å². The summed E-state index contributed by atoms with van der Waals surface area (Å²) in [6.07, 6.45) is 64.2. The topological polar surface area (TPSA) is 175 Å². The van der Waals surface area contributed by atoms with E-state index in [-0.39, 0.29) is 18.5 Å². The van der Waals surface area contributed by atoms with Gasteiger partial charge in [0.15, 0.2) is 6.29 Å². The van der Waals surface area contributed by atoms with E-state index in [9.17, 15) is 35.1 Å². The number of hydrogen-bond acceptors (Lipinski definition) is 10. The summed E-state index contributed by atoms with van der Waals surface area (Å²) in [6.45, 7) is 4.34. The van der Waals surface area contributed by atoms with Crippen LogP contribution < -0.4 is 5.32 Å². The van der Waals surface area contributed by atoms with Gasteiger partial charge in [-0.1, -0.05) is 281 Å². The highest BCUT2D eigenvalue weighted by molar-refractivity contribution is 5.76. The standard InChI is InChI=1S/C69H129NO10/c1-3-5-7-9-11-13-15-36-39-43-47-51-55-62(72)61(60-79-69-68(77)67(76)66(75)63(59-71)80-69)70-64(73)56-52-48-44-40-37-33-31-29-27-25-23-21-19-17-16-18-20-22-24-26-28-30-32-34-38-42-46-50-54-58-78-65(74)57-53-49-45-41-35-14-12-10-8-6-4-2/h16,18,36,39,51,55,61-63,66-69,71-72,75-77H,3-15,17,19-35,37-38,40-50,52-54,56-60H2,1-2H3,(H,70,73)/b18-16-,39-36+,55-51+. The fourth-order valence-electron chi connectivity index (χ4n) is 10.8. The number of esters is 1. The molecular weight excluding hydrogens is 1000 g/mol. The van der Waals surface area contributed by atoms with Gasteiger partial charge in [0.25, 0.3) is 0 Å². The van der Waals surface area contributed by atoms with Crippen molar-refractivity contribution in [3.63, 3.8) is 0 Å². The second kappa shape index (κ2) is 58.6. The Hall–Kier alpha value is -2.12. The molecule has 1 heterocycles. The Bertz CT molecular complexity index is 1420. The van der Waals surface area contributed by atoms with Crippen molar-refractivity contribution < 1.29 is 49.3 Å². The van der Waals surface area contributed by atoms with Crippen molar-refractivity contribution in [2.24, 2.45) is 0 Å². The smallest absolute Gasteiger partial charge is 0.305 e. The quantitative estimate of drug-likeness (QED) is 0.0195. The molecule has 0 aromatic carbocycles. The third kappa shape index (κ3) is 47.3. The molecule has 1 saturated heterocycles. The number of hydrogen-bond donors (Lipinski definition) is 6. The van der Waals surface area contributed by atoms with Crippen LogP contribution in [0.1, 0.15) is 328 Å². The molecular formula is C69H129NO10. The van der Waals surface area contributed by atoms with Crippen LogP contribution in [0.3, 0.4) is 0 Å². The number of ether oxygens (including phenoxy) is 3. The third-order valence-corrected chi connectivity index (χ3v) is 16.2. The lowest BCUT2D eigenvalue weighted by Gasteiger charge is -2.40. The van der Waals surface area contributed by atoms with Gasteiger partial charge in [0, 0.05) is 12.8 Å². The molecule has 7 atom stereocenters. The van der Waals surface area contributed by atoms with Crippen molar-refractivity contribution in [1.82, 2.24) is 5.32 Å². The lowest BCUT2D eigenvalue weighted by atomic mass is 9.99. The number of aliphatic hydroxyl groups is 5. The molecule has 7 unspecified atom stereocenters. The van der Waals surface area contributed by atoms with Gasteiger partial charge in [-0.05, 0) is 70.6 Å². The molecule has 0 spiro atoms. The number of unbranched alkanes of at least 4 members (excludes halogenated alkanes) is 42. The van der Waals surface area contributed by atoms with Crippen LogP contribution in [0.4, 0.5) is 0 Å². The Morgan fingerprint density at radius 3 is 1.24 bits per heavy atom. The van der Waals surface area contributed by atoms with Gasteiger partial charge in [0.2, 0.25) is 5.91 Å². The first-order chi connectivity index (χ1) is 39.2. The van der Waals surface area contributed by atoms with E-state index in [0.717, 1.165) is 57.8 Å². The first-order valence-corrected chi connectivity index (χ1v) is 34.3. The van der Waals surface area contributed by atoms with E-state index in [1.165, 1.54) is 244 Å². The van der Waals surface area contributed by atoms with Crippen molar-refractivity contribution in [2.45, 2.75) is 371 Å². The van der Waals surface area contributed by atoms with E-state index in [4.69, 9.17) is 14.2 Å². The number of aliphatic hydroxyl groups excluding tert-OH is 5. The summed E-state index contributed by atoms with van der Waals surface area (Å²) in [6, 6.07) is -0.826. The summed E-state index contributed by atoms with van der Waals surface area (Å²) < 4.78 is 16.7. The second-order valence-electron chi connectivity index (χ2n) is 23.9. The Kier molecular flexibility index (Phi) is 55.6.